The molecule has 190 valence electrons. The highest BCUT2D eigenvalue weighted by Crippen LogP contribution is 2.36. The summed E-state index contributed by atoms with van der Waals surface area (Å²) in [6.07, 6.45) is 1.56. The molecule has 0 saturated carbocycles. The van der Waals surface area contributed by atoms with Crippen LogP contribution in [0.25, 0.3) is 16.8 Å². The molecule has 38 heavy (non-hydrogen) atoms. The highest BCUT2D eigenvalue weighted by Gasteiger charge is 2.35. The van der Waals surface area contributed by atoms with E-state index < -0.39 is 22.9 Å². The van der Waals surface area contributed by atoms with Crippen LogP contribution >= 0.6 is 11.8 Å². The summed E-state index contributed by atoms with van der Waals surface area (Å²) in [4.78, 5) is 39.7. The Labute approximate surface area is 222 Å². The van der Waals surface area contributed by atoms with Gasteiger partial charge in [0.2, 0.25) is 0 Å². The molecule has 4 aromatic carbocycles. The minimum Gasteiger partial charge on any atom is -0.490 e. The first-order valence-corrected chi connectivity index (χ1v) is 12.7. The second-order valence-corrected chi connectivity index (χ2v) is 9.41. The summed E-state index contributed by atoms with van der Waals surface area (Å²) in [6.45, 7) is 1.97. The molecule has 0 bridgehead atoms. The van der Waals surface area contributed by atoms with E-state index in [9.17, 15) is 18.8 Å². The van der Waals surface area contributed by atoms with Crippen LogP contribution in [0.15, 0.2) is 89.8 Å². The lowest BCUT2D eigenvalue weighted by Gasteiger charge is -2.13. The van der Waals surface area contributed by atoms with E-state index in [4.69, 9.17) is 9.47 Å². The lowest BCUT2D eigenvalue weighted by atomic mass is 10.0. The van der Waals surface area contributed by atoms with Crippen molar-refractivity contribution in [3.8, 4) is 11.5 Å². The summed E-state index contributed by atoms with van der Waals surface area (Å²) in [7, 11) is 0. The van der Waals surface area contributed by atoms with Gasteiger partial charge in [0.05, 0.1) is 23.6 Å². The molecule has 8 heteroatoms. The molecule has 0 aliphatic carbocycles. The average molecular weight is 528 g/mol. The van der Waals surface area contributed by atoms with Crippen LogP contribution in [0.2, 0.25) is 0 Å². The van der Waals surface area contributed by atoms with Crippen LogP contribution in [0.1, 0.15) is 28.4 Å². The van der Waals surface area contributed by atoms with Crippen LogP contribution in [0, 0.1) is 5.82 Å². The van der Waals surface area contributed by atoms with Crippen molar-refractivity contribution in [3.05, 3.63) is 112 Å². The van der Waals surface area contributed by atoms with Crippen molar-refractivity contribution in [2.24, 2.45) is 0 Å². The van der Waals surface area contributed by atoms with Gasteiger partial charge in [0, 0.05) is 5.56 Å². The lowest BCUT2D eigenvalue weighted by Crippen LogP contribution is -2.27. The first-order chi connectivity index (χ1) is 18.4. The van der Waals surface area contributed by atoms with Gasteiger partial charge in [-0.3, -0.25) is 14.5 Å². The monoisotopic (exact) mass is 527 g/mol. The van der Waals surface area contributed by atoms with Crippen molar-refractivity contribution >= 4 is 45.7 Å². The van der Waals surface area contributed by atoms with Crippen LogP contribution in [-0.4, -0.2) is 28.6 Å². The van der Waals surface area contributed by atoms with Crippen molar-refractivity contribution in [2.75, 3.05) is 6.61 Å². The molecule has 0 spiro atoms. The van der Waals surface area contributed by atoms with Gasteiger partial charge in [-0.05, 0) is 65.4 Å². The quantitative estimate of drug-likeness (QED) is 0.149. The van der Waals surface area contributed by atoms with Crippen LogP contribution in [-0.2, 0) is 11.3 Å². The number of thioether (sulfide) groups is 1. The number of rotatable bonds is 7. The zero-order valence-electron chi connectivity index (χ0n) is 20.3. The van der Waals surface area contributed by atoms with E-state index in [1.54, 1.807) is 55.5 Å². The van der Waals surface area contributed by atoms with Gasteiger partial charge in [0.1, 0.15) is 5.82 Å². The molecule has 4 aromatic rings. The number of hydrogen-bond acceptors (Lipinski definition) is 6. The first kappa shape index (κ1) is 25.2. The van der Waals surface area contributed by atoms with E-state index >= 15 is 0 Å². The van der Waals surface area contributed by atoms with E-state index in [0.717, 1.165) is 27.4 Å². The predicted octanol–water partition coefficient (Wildman–Crippen LogP) is 6.83. The number of halogens is 1. The molecule has 1 heterocycles. The van der Waals surface area contributed by atoms with Gasteiger partial charge < -0.3 is 9.47 Å². The highest BCUT2D eigenvalue weighted by molar-refractivity contribution is 8.18. The number of nitrogens with zero attached hydrogens (tertiary/aromatic N) is 1. The number of benzene rings is 4. The fourth-order valence-electron chi connectivity index (χ4n) is 4.11. The van der Waals surface area contributed by atoms with Crippen LogP contribution in [0.5, 0.6) is 11.5 Å². The standard InChI is InChI=1S/C30H22FNO5S/c1-2-36-26-16-19(17-27-28(33)32(30(35)38-27)18-21-9-4-6-13-24(21)31)14-15-25(26)37-29(34)23-12-7-10-20-8-3-5-11-22(20)23/h3-17H,2,18H2,1H3/b27-17-. The van der Waals surface area contributed by atoms with Crippen LogP contribution in [0.3, 0.4) is 0 Å². The van der Waals surface area contributed by atoms with Gasteiger partial charge in [0.15, 0.2) is 11.5 Å². The average Bonchev–Trinajstić information content (AvgIpc) is 3.18. The summed E-state index contributed by atoms with van der Waals surface area (Å²) < 4.78 is 25.5. The molecule has 1 fully saturated rings. The maximum atomic E-state index is 14.1. The van der Waals surface area contributed by atoms with Gasteiger partial charge in [-0.1, -0.05) is 60.7 Å². The molecule has 0 unspecified atom stereocenters. The minimum atomic E-state index is -0.523. The number of hydrogen-bond donors (Lipinski definition) is 0. The summed E-state index contributed by atoms with van der Waals surface area (Å²) in [5, 5.41) is 1.22. The maximum Gasteiger partial charge on any atom is 0.344 e. The molecule has 6 nitrogen and oxygen atoms in total. The van der Waals surface area contributed by atoms with Crippen molar-refractivity contribution in [3.63, 3.8) is 0 Å². The Bertz CT molecular complexity index is 1590. The summed E-state index contributed by atoms with van der Waals surface area (Å²) >= 11 is 0.784. The second-order valence-electron chi connectivity index (χ2n) is 8.41. The Morgan fingerprint density at radius 1 is 0.947 bits per heavy atom. The Morgan fingerprint density at radius 2 is 1.71 bits per heavy atom. The molecule has 5 rings (SSSR count). The largest absolute Gasteiger partial charge is 0.490 e. The fraction of sp³-hybridized carbons (Fsp3) is 0.100. The van der Waals surface area contributed by atoms with Gasteiger partial charge >= 0.3 is 5.97 Å². The molecule has 0 radical (unpaired) electrons. The van der Waals surface area contributed by atoms with E-state index in [-0.39, 0.29) is 22.8 Å². The topological polar surface area (TPSA) is 72.9 Å². The van der Waals surface area contributed by atoms with Gasteiger partial charge in [-0.2, -0.15) is 0 Å². The summed E-state index contributed by atoms with van der Waals surface area (Å²) in [5.41, 5.74) is 1.26. The van der Waals surface area contributed by atoms with Crippen LogP contribution < -0.4 is 9.47 Å². The number of amides is 2. The van der Waals surface area contributed by atoms with Crippen molar-refractivity contribution in [1.29, 1.82) is 0 Å². The summed E-state index contributed by atoms with van der Waals surface area (Å²) in [6, 6.07) is 23.9. The smallest absolute Gasteiger partial charge is 0.344 e. The number of carbonyl (C=O) groups is 3. The second kappa shape index (κ2) is 10.9. The van der Waals surface area contributed by atoms with E-state index in [1.807, 2.05) is 30.3 Å². The molecule has 1 aliphatic rings. The number of imide groups is 1. The third-order valence-corrected chi connectivity index (χ3v) is 6.84. The third kappa shape index (κ3) is 5.17. The lowest BCUT2D eigenvalue weighted by molar-refractivity contribution is -0.123. The Kier molecular flexibility index (Phi) is 7.24. The van der Waals surface area contributed by atoms with Gasteiger partial charge in [-0.25, -0.2) is 9.18 Å². The molecule has 2 amide bonds. The molecule has 1 aliphatic heterocycles. The van der Waals surface area contributed by atoms with Crippen molar-refractivity contribution < 1.29 is 28.2 Å². The highest BCUT2D eigenvalue weighted by atomic mass is 32.2. The SMILES string of the molecule is CCOc1cc(/C=C2\SC(=O)N(Cc3ccccc3F)C2=O)ccc1OC(=O)c1cccc2ccccc12. The maximum absolute atomic E-state index is 14.1. The predicted molar refractivity (Wildman–Crippen MR) is 144 cm³/mol. The molecule has 0 aromatic heterocycles. The zero-order valence-corrected chi connectivity index (χ0v) is 21.2. The number of fused-ring (bicyclic) bond motifs is 1. The van der Waals surface area contributed by atoms with Gasteiger partial charge in [0.25, 0.3) is 11.1 Å². The molecular formula is C30H22FNO5S. The number of ether oxygens (including phenoxy) is 2. The minimum absolute atomic E-state index is 0.151. The normalized spacial score (nSPS) is 14.4. The number of carbonyl (C=O) groups excluding carboxylic acids is 3. The molecule has 1 saturated heterocycles. The van der Waals surface area contributed by atoms with E-state index in [0.29, 0.717) is 23.5 Å². The molecular weight excluding hydrogens is 505 g/mol. The van der Waals surface area contributed by atoms with E-state index in [1.165, 1.54) is 12.1 Å². The fourth-order valence-corrected chi connectivity index (χ4v) is 4.95. The molecule has 0 N–H and O–H groups in total. The Balaban J connectivity index is 1.38. The Hall–Kier alpha value is -4.43. The van der Waals surface area contributed by atoms with Crippen molar-refractivity contribution in [2.45, 2.75) is 13.5 Å². The van der Waals surface area contributed by atoms with Crippen molar-refractivity contribution in [1.82, 2.24) is 4.90 Å². The molecule has 0 atom stereocenters. The van der Waals surface area contributed by atoms with Gasteiger partial charge in [-0.15, -0.1) is 0 Å². The number of esters is 1. The third-order valence-electron chi connectivity index (χ3n) is 5.94. The van der Waals surface area contributed by atoms with Crippen LogP contribution in [0.4, 0.5) is 9.18 Å². The zero-order chi connectivity index (χ0) is 26.6. The summed E-state index contributed by atoms with van der Waals surface area (Å²) in [5.74, 6) is -0.960. The van der Waals surface area contributed by atoms with E-state index in [2.05, 4.69) is 0 Å². The Morgan fingerprint density at radius 3 is 2.53 bits per heavy atom. The first-order valence-electron chi connectivity index (χ1n) is 11.9.